The SMILES string of the molecule is Cc1nc(-c2ccc(F)cc2)sc1-c1ccc(SCC(=O)NC[C@@H]2CCCO2)nn1. The molecule has 9 heteroatoms. The van der Waals surface area contributed by atoms with Crippen LogP contribution in [0.5, 0.6) is 0 Å². The zero-order valence-electron chi connectivity index (χ0n) is 16.4. The van der Waals surface area contributed by atoms with Gasteiger partial charge in [0.1, 0.15) is 21.5 Å². The minimum atomic E-state index is -0.272. The maximum Gasteiger partial charge on any atom is 0.230 e. The standard InChI is InChI=1S/C21H21FN4O2S2/c1-13-20(30-21(24-13)14-4-6-15(22)7-5-14)17-8-9-19(26-25-17)29-12-18(27)23-11-16-3-2-10-28-16/h4-9,16H,2-3,10-12H2,1H3,(H,23,27)/t16-/m0/s1. The summed E-state index contributed by atoms with van der Waals surface area (Å²) in [5.41, 5.74) is 2.44. The molecule has 0 bridgehead atoms. The van der Waals surface area contributed by atoms with E-state index in [2.05, 4.69) is 20.5 Å². The molecule has 1 N–H and O–H groups in total. The van der Waals surface area contributed by atoms with Gasteiger partial charge in [0.05, 0.1) is 22.4 Å². The first kappa shape index (κ1) is 20.9. The summed E-state index contributed by atoms with van der Waals surface area (Å²) in [5.74, 6) is -0.0231. The lowest BCUT2D eigenvalue weighted by atomic mass is 10.2. The van der Waals surface area contributed by atoms with E-state index in [0.29, 0.717) is 11.6 Å². The highest BCUT2D eigenvalue weighted by Gasteiger charge is 2.17. The zero-order chi connectivity index (χ0) is 20.9. The number of nitrogens with one attached hydrogen (secondary N) is 1. The van der Waals surface area contributed by atoms with Crippen molar-refractivity contribution in [1.29, 1.82) is 0 Å². The summed E-state index contributed by atoms with van der Waals surface area (Å²) in [5, 5.41) is 12.9. The first-order valence-corrected chi connectivity index (χ1v) is 11.5. The van der Waals surface area contributed by atoms with Crippen LogP contribution in [0.1, 0.15) is 18.5 Å². The summed E-state index contributed by atoms with van der Waals surface area (Å²) in [7, 11) is 0. The third kappa shape index (κ3) is 5.21. The molecular formula is C21H21FN4O2S2. The highest BCUT2D eigenvalue weighted by Crippen LogP contribution is 2.34. The van der Waals surface area contributed by atoms with Crippen molar-refractivity contribution < 1.29 is 13.9 Å². The van der Waals surface area contributed by atoms with E-state index in [1.807, 2.05) is 19.1 Å². The monoisotopic (exact) mass is 444 g/mol. The fourth-order valence-corrected chi connectivity index (χ4v) is 4.77. The Bertz CT molecular complexity index is 1000. The predicted molar refractivity (Wildman–Crippen MR) is 116 cm³/mol. The van der Waals surface area contributed by atoms with Crippen LogP contribution in [-0.4, -0.2) is 46.1 Å². The molecule has 1 saturated heterocycles. The summed E-state index contributed by atoms with van der Waals surface area (Å²) in [6.45, 7) is 3.26. The molecule has 1 aliphatic rings. The number of rotatable bonds is 7. The van der Waals surface area contributed by atoms with Crippen molar-refractivity contribution in [3.8, 4) is 21.1 Å². The Labute approximate surface area is 182 Å². The van der Waals surface area contributed by atoms with Gasteiger partial charge in [-0.1, -0.05) is 11.8 Å². The minimum Gasteiger partial charge on any atom is -0.376 e. The van der Waals surface area contributed by atoms with E-state index in [4.69, 9.17) is 4.74 Å². The summed E-state index contributed by atoms with van der Waals surface area (Å²) in [6.07, 6.45) is 2.20. The molecule has 1 atom stereocenters. The Balaban J connectivity index is 1.35. The van der Waals surface area contributed by atoms with E-state index in [0.717, 1.165) is 46.3 Å². The Kier molecular flexibility index (Phi) is 6.71. The van der Waals surface area contributed by atoms with Crippen LogP contribution < -0.4 is 5.32 Å². The number of amides is 1. The van der Waals surface area contributed by atoms with Gasteiger partial charge in [0, 0.05) is 18.7 Å². The molecule has 30 heavy (non-hydrogen) atoms. The second-order valence-electron chi connectivity index (χ2n) is 6.93. The van der Waals surface area contributed by atoms with Crippen LogP contribution in [0.2, 0.25) is 0 Å². The molecule has 0 saturated carbocycles. The van der Waals surface area contributed by atoms with Crippen molar-refractivity contribution in [2.75, 3.05) is 18.9 Å². The normalized spacial score (nSPS) is 16.0. The molecule has 1 aliphatic heterocycles. The third-order valence-electron chi connectivity index (χ3n) is 4.66. The van der Waals surface area contributed by atoms with Crippen LogP contribution in [0.3, 0.4) is 0 Å². The van der Waals surface area contributed by atoms with E-state index in [1.54, 1.807) is 12.1 Å². The molecule has 1 amide bonds. The molecule has 0 radical (unpaired) electrons. The first-order chi connectivity index (χ1) is 14.6. The number of carbonyl (C=O) groups excluding carboxylic acids is 1. The van der Waals surface area contributed by atoms with Gasteiger partial charge < -0.3 is 10.1 Å². The summed E-state index contributed by atoms with van der Waals surface area (Å²) < 4.78 is 18.6. The molecular weight excluding hydrogens is 423 g/mol. The molecule has 0 unspecified atom stereocenters. The van der Waals surface area contributed by atoms with E-state index in [9.17, 15) is 9.18 Å². The second kappa shape index (κ2) is 9.63. The Hall–Kier alpha value is -2.36. The van der Waals surface area contributed by atoms with Gasteiger partial charge in [-0.25, -0.2) is 9.37 Å². The van der Waals surface area contributed by atoms with Crippen molar-refractivity contribution in [1.82, 2.24) is 20.5 Å². The quantitative estimate of drug-likeness (QED) is 0.553. The van der Waals surface area contributed by atoms with Gasteiger partial charge >= 0.3 is 0 Å². The van der Waals surface area contributed by atoms with Gasteiger partial charge in [0.15, 0.2) is 0 Å². The number of thioether (sulfide) groups is 1. The van der Waals surface area contributed by atoms with E-state index >= 15 is 0 Å². The number of ether oxygens (including phenoxy) is 1. The number of halogens is 1. The fraction of sp³-hybridized carbons (Fsp3) is 0.333. The zero-order valence-corrected chi connectivity index (χ0v) is 18.1. The molecule has 6 nitrogen and oxygen atoms in total. The Morgan fingerprint density at radius 1 is 1.27 bits per heavy atom. The van der Waals surface area contributed by atoms with Gasteiger partial charge in [0.25, 0.3) is 0 Å². The fourth-order valence-electron chi connectivity index (χ4n) is 3.09. The average molecular weight is 445 g/mol. The van der Waals surface area contributed by atoms with E-state index < -0.39 is 0 Å². The van der Waals surface area contributed by atoms with Gasteiger partial charge in [-0.15, -0.1) is 21.5 Å². The van der Waals surface area contributed by atoms with Crippen LogP contribution in [0.4, 0.5) is 4.39 Å². The highest BCUT2D eigenvalue weighted by atomic mass is 32.2. The Morgan fingerprint density at radius 2 is 2.10 bits per heavy atom. The van der Waals surface area contributed by atoms with Crippen LogP contribution in [0, 0.1) is 12.7 Å². The van der Waals surface area contributed by atoms with E-state index in [1.165, 1.54) is 35.2 Å². The molecule has 0 aliphatic carbocycles. The lowest BCUT2D eigenvalue weighted by molar-refractivity contribution is -0.119. The largest absolute Gasteiger partial charge is 0.376 e. The minimum absolute atomic E-state index is 0.0383. The topological polar surface area (TPSA) is 77.0 Å². The molecule has 4 rings (SSSR count). The third-order valence-corrected chi connectivity index (χ3v) is 6.81. The van der Waals surface area contributed by atoms with Crippen molar-refractivity contribution in [2.24, 2.45) is 0 Å². The molecule has 1 aromatic carbocycles. The number of nitrogens with zero attached hydrogens (tertiary/aromatic N) is 3. The van der Waals surface area contributed by atoms with Gasteiger partial charge in [-0.3, -0.25) is 4.79 Å². The number of carbonyl (C=O) groups is 1. The number of hydrogen-bond donors (Lipinski definition) is 1. The number of aromatic nitrogens is 3. The highest BCUT2D eigenvalue weighted by molar-refractivity contribution is 7.99. The number of hydrogen-bond acceptors (Lipinski definition) is 7. The molecule has 2 aromatic heterocycles. The molecule has 156 valence electrons. The van der Waals surface area contributed by atoms with Crippen molar-refractivity contribution in [3.05, 3.63) is 47.9 Å². The van der Waals surface area contributed by atoms with Crippen molar-refractivity contribution in [2.45, 2.75) is 30.9 Å². The van der Waals surface area contributed by atoms with Gasteiger partial charge in [-0.05, 0) is 56.2 Å². The lowest BCUT2D eigenvalue weighted by Crippen LogP contribution is -2.32. The van der Waals surface area contributed by atoms with Gasteiger partial charge in [0.2, 0.25) is 5.91 Å². The molecule has 3 aromatic rings. The summed E-state index contributed by atoms with van der Waals surface area (Å²) >= 11 is 2.84. The van der Waals surface area contributed by atoms with E-state index in [-0.39, 0.29) is 23.6 Å². The van der Waals surface area contributed by atoms with Gasteiger partial charge in [-0.2, -0.15) is 0 Å². The average Bonchev–Trinajstić information content (AvgIpc) is 3.41. The maximum atomic E-state index is 13.1. The number of thiazole rings is 1. The maximum absolute atomic E-state index is 13.1. The van der Waals surface area contributed by atoms with Crippen molar-refractivity contribution >= 4 is 29.0 Å². The smallest absolute Gasteiger partial charge is 0.230 e. The van der Waals surface area contributed by atoms with Crippen LogP contribution >= 0.6 is 23.1 Å². The molecule has 3 heterocycles. The van der Waals surface area contributed by atoms with Crippen LogP contribution in [0.25, 0.3) is 21.1 Å². The molecule has 1 fully saturated rings. The van der Waals surface area contributed by atoms with Crippen molar-refractivity contribution in [3.63, 3.8) is 0 Å². The lowest BCUT2D eigenvalue weighted by Gasteiger charge is -2.10. The van der Waals surface area contributed by atoms with Crippen LogP contribution in [0.15, 0.2) is 41.4 Å². The molecule has 0 spiro atoms. The Morgan fingerprint density at radius 3 is 2.80 bits per heavy atom. The first-order valence-electron chi connectivity index (χ1n) is 9.67. The predicted octanol–water partition coefficient (Wildman–Crippen LogP) is 4.10. The summed E-state index contributed by atoms with van der Waals surface area (Å²) in [6, 6.07) is 10.0. The number of aryl methyl sites for hydroxylation is 1. The second-order valence-corrected chi connectivity index (χ2v) is 8.92. The summed E-state index contributed by atoms with van der Waals surface area (Å²) in [4.78, 5) is 17.5. The van der Waals surface area contributed by atoms with Crippen LogP contribution in [-0.2, 0) is 9.53 Å². The number of benzene rings is 1.